The highest BCUT2D eigenvalue weighted by atomic mass is 16.7. The summed E-state index contributed by atoms with van der Waals surface area (Å²) in [4.78, 5) is 35.8. The molecule has 0 bridgehead atoms. The largest absolute Gasteiger partial charge is 0.458 e. The molecule has 0 unspecified atom stereocenters. The number of carbonyl (C=O) groups excluding carboxylic acids is 3. The van der Waals surface area contributed by atoms with Gasteiger partial charge in [0.15, 0.2) is 18.5 Å². The Hall–Kier alpha value is -2.05. The lowest BCUT2D eigenvalue weighted by Gasteiger charge is -2.66. The number of fused-ring (bicyclic) bond motifs is 5. The smallest absolute Gasteiger partial charge is 0.331 e. The first-order valence-corrected chi connectivity index (χ1v) is 16.7. The zero-order chi connectivity index (χ0) is 32.5. The molecular formula is C34H50O11. The van der Waals surface area contributed by atoms with Crippen LogP contribution in [0.4, 0.5) is 0 Å². The molecule has 0 radical (unpaired) electrons. The molecule has 11 nitrogen and oxygen atoms in total. The summed E-state index contributed by atoms with van der Waals surface area (Å²) in [6.07, 6.45) is 3.42. The normalized spacial score (nSPS) is 49.2. The van der Waals surface area contributed by atoms with Crippen molar-refractivity contribution in [2.24, 2.45) is 28.6 Å². The predicted octanol–water partition coefficient (Wildman–Crippen LogP) is 3.37. The lowest BCUT2D eigenvalue weighted by Crippen LogP contribution is -2.68. The standard InChI is InChI=1S/C34H50O11/c1-18-27(43-19(2)35)28(40-6)29(44-20(3)36)30(42-18)45-22-7-11-31(4)24-8-12-32(5)23(21-15-26(37)41-17-21)10-14-34(32,39)25(24)9-13-33(31,38)16-22/h15,18,22-25,27-30,38-39H,7-14,16-17H2,1-6H3/t18-,22+,23+,24-,25+,27-,28+,29+,30-,31+,32+,33-,34+/m0/s1. The van der Waals surface area contributed by atoms with E-state index in [-0.39, 0.29) is 35.2 Å². The molecule has 6 rings (SSSR count). The molecule has 252 valence electrons. The van der Waals surface area contributed by atoms with Crippen LogP contribution in [0.5, 0.6) is 0 Å². The first kappa shape index (κ1) is 32.9. The second-order valence-electron chi connectivity index (χ2n) is 15.1. The molecule has 4 aliphatic carbocycles. The van der Waals surface area contributed by atoms with Gasteiger partial charge in [-0.3, -0.25) is 9.59 Å². The zero-order valence-corrected chi connectivity index (χ0v) is 27.4. The fourth-order valence-electron chi connectivity index (χ4n) is 10.7. The van der Waals surface area contributed by atoms with Gasteiger partial charge in [-0.2, -0.15) is 0 Å². The Morgan fingerprint density at radius 2 is 1.56 bits per heavy atom. The number of carbonyl (C=O) groups is 3. The number of cyclic esters (lactones) is 1. The molecule has 0 spiro atoms. The monoisotopic (exact) mass is 634 g/mol. The highest BCUT2D eigenvalue weighted by Gasteiger charge is 2.70. The van der Waals surface area contributed by atoms with Crippen molar-refractivity contribution in [3.05, 3.63) is 11.6 Å². The molecular weight excluding hydrogens is 584 g/mol. The average molecular weight is 635 g/mol. The predicted molar refractivity (Wildman–Crippen MR) is 158 cm³/mol. The van der Waals surface area contributed by atoms with Crippen LogP contribution in [0.3, 0.4) is 0 Å². The van der Waals surface area contributed by atoms with E-state index >= 15 is 0 Å². The van der Waals surface area contributed by atoms with Gasteiger partial charge in [0.2, 0.25) is 0 Å². The summed E-state index contributed by atoms with van der Waals surface area (Å²) in [6, 6.07) is 0. The van der Waals surface area contributed by atoms with Crippen LogP contribution in [-0.2, 0) is 42.8 Å². The van der Waals surface area contributed by atoms with E-state index in [9.17, 15) is 24.6 Å². The quantitative estimate of drug-likeness (QED) is 0.252. The van der Waals surface area contributed by atoms with Crippen molar-refractivity contribution >= 4 is 17.9 Å². The van der Waals surface area contributed by atoms with Gasteiger partial charge in [0.1, 0.15) is 12.7 Å². The lowest BCUT2D eigenvalue weighted by molar-refractivity contribution is -0.324. The van der Waals surface area contributed by atoms with Crippen LogP contribution in [-0.4, -0.2) is 89.8 Å². The van der Waals surface area contributed by atoms with Gasteiger partial charge in [0, 0.05) is 38.9 Å². The van der Waals surface area contributed by atoms with Gasteiger partial charge < -0.3 is 38.6 Å². The minimum atomic E-state index is -1.01. The minimum absolute atomic E-state index is 0.0548. The number of esters is 3. The van der Waals surface area contributed by atoms with E-state index in [0.717, 1.165) is 24.8 Å². The number of aliphatic hydroxyl groups is 2. The maximum atomic E-state index is 12.5. The van der Waals surface area contributed by atoms with Crippen molar-refractivity contribution < 1.29 is 53.0 Å². The number of methoxy groups -OCH3 is 1. The molecule has 0 aromatic rings. The van der Waals surface area contributed by atoms with Crippen LogP contribution in [0.2, 0.25) is 0 Å². The Bertz CT molecular complexity index is 1230. The van der Waals surface area contributed by atoms with Crippen LogP contribution < -0.4 is 0 Å². The molecule has 2 aliphatic heterocycles. The summed E-state index contributed by atoms with van der Waals surface area (Å²) in [7, 11) is 1.47. The van der Waals surface area contributed by atoms with Gasteiger partial charge in [-0.1, -0.05) is 13.8 Å². The summed E-state index contributed by atoms with van der Waals surface area (Å²) in [5.74, 6) is -1.01. The first-order chi connectivity index (χ1) is 21.2. The lowest BCUT2D eigenvalue weighted by atomic mass is 9.42. The highest BCUT2D eigenvalue weighted by Crippen LogP contribution is 2.70. The maximum Gasteiger partial charge on any atom is 0.331 e. The molecule has 5 fully saturated rings. The van der Waals surface area contributed by atoms with Gasteiger partial charge in [-0.25, -0.2) is 4.79 Å². The molecule has 1 saturated heterocycles. The van der Waals surface area contributed by atoms with Crippen molar-refractivity contribution in [3.8, 4) is 0 Å². The molecule has 13 atom stereocenters. The van der Waals surface area contributed by atoms with E-state index in [1.54, 1.807) is 13.0 Å². The summed E-state index contributed by atoms with van der Waals surface area (Å²) >= 11 is 0. The van der Waals surface area contributed by atoms with Crippen LogP contribution in [0, 0.1) is 28.6 Å². The SMILES string of the molecule is CO[C@@H]1[C@@H](OC(C)=O)[C@H](C)O[C@@H](O[C@@H]2CC[C@]3(C)[C@H]4CC[C@]5(C)[C@@H](C6=CC(=O)OC6)CC[C@@]5(O)[C@@H]4CC[C@]3(O)C2)[C@@H]1OC(C)=O. The molecule has 0 amide bonds. The van der Waals surface area contributed by atoms with Crippen LogP contribution in [0.25, 0.3) is 0 Å². The third kappa shape index (κ3) is 5.16. The van der Waals surface area contributed by atoms with Gasteiger partial charge in [0.05, 0.1) is 23.4 Å². The maximum absolute atomic E-state index is 12.5. The van der Waals surface area contributed by atoms with E-state index in [1.807, 2.05) is 0 Å². The van der Waals surface area contributed by atoms with Crippen molar-refractivity contribution in [3.63, 3.8) is 0 Å². The summed E-state index contributed by atoms with van der Waals surface area (Å²) in [5, 5.41) is 24.9. The number of hydrogen-bond acceptors (Lipinski definition) is 11. The highest BCUT2D eigenvalue weighted by molar-refractivity contribution is 5.85. The van der Waals surface area contributed by atoms with Gasteiger partial charge >= 0.3 is 17.9 Å². The van der Waals surface area contributed by atoms with E-state index in [0.29, 0.717) is 45.1 Å². The Balaban J connectivity index is 1.19. The number of rotatable bonds is 6. The Morgan fingerprint density at radius 1 is 0.889 bits per heavy atom. The number of ether oxygens (including phenoxy) is 6. The molecule has 0 aromatic heterocycles. The van der Waals surface area contributed by atoms with Crippen molar-refractivity contribution in [2.45, 2.75) is 140 Å². The van der Waals surface area contributed by atoms with Crippen LogP contribution in [0.1, 0.15) is 92.4 Å². The number of hydrogen-bond donors (Lipinski definition) is 2. The van der Waals surface area contributed by atoms with Crippen LogP contribution in [0.15, 0.2) is 11.6 Å². The molecule has 4 saturated carbocycles. The molecule has 11 heteroatoms. The molecule has 6 aliphatic rings. The zero-order valence-electron chi connectivity index (χ0n) is 27.4. The molecule has 2 heterocycles. The summed E-state index contributed by atoms with van der Waals surface area (Å²) in [5.41, 5.74) is -1.63. The van der Waals surface area contributed by atoms with E-state index in [4.69, 9.17) is 28.4 Å². The molecule has 45 heavy (non-hydrogen) atoms. The Labute approximate surface area is 265 Å². The Kier molecular flexibility index (Phi) is 8.46. The second kappa shape index (κ2) is 11.6. The van der Waals surface area contributed by atoms with Crippen molar-refractivity contribution in [1.82, 2.24) is 0 Å². The summed E-state index contributed by atoms with van der Waals surface area (Å²) in [6.45, 7) is 9.06. The van der Waals surface area contributed by atoms with Crippen molar-refractivity contribution in [1.29, 1.82) is 0 Å². The van der Waals surface area contributed by atoms with Crippen LogP contribution >= 0.6 is 0 Å². The first-order valence-electron chi connectivity index (χ1n) is 16.7. The fourth-order valence-corrected chi connectivity index (χ4v) is 10.7. The van der Waals surface area contributed by atoms with E-state index in [2.05, 4.69) is 13.8 Å². The van der Waals surface area contributed by atoms with Gasteiger partial charge in [-0.15, -0.1) is 0 Å². The van der Waals surface area contributed by atoms with Crippen molar-refractivity contribution in [2.75, 3.05) is 13.7 Å². The second-order valence-corrected chi connectivity index (χ2v) is 15.1. The Morgan fingerprint density at radius 3 is 2.20 bits per heavy atom. The topological polar surface area (TPSA) is 147 Å². The van der Waals surface area contributed by atoms with Gasteiger partial charge in [-0.05, 0) is 87.0 Å². The van der Waals surface area contributed by atoms with E-state index in [1.165, 1.54) is 21.0 Å². The minimum Gasteiger partial charge on any atom is -0.458 e. The molecule has 2 N–H and O–H groups in total. The fraction of sp³-hybridized carbons (Fsp3) is 0.853. The van der Waals surface area contributed by atoms with Gasteiger partial charge in [0.25, 0.3) is 0 Å². The van der Waals surface area contributed by atoms with E-state index < -0.39 is 59.3 Å². The average Bonchev–Trinajstić information content (AvgIpc) is 3.51. The summed E-state index contributed by atoms with van der Waals surface area (Å²) < 4.78 is 34.7. The third-order valence-corrected chi connectivity index (χ3v) is 13.0. The third-order valence-electron chi connectivity index (χ3n) is 13.0. The molecule has 0 aromatic carbocycles.